The first-order chi connectivity index (χ1) is 10.5. The van der Waals surface area contributed by atoms with Gasteiger partial charge in [-0.2, -0.15) is 0 Å². The molecule has 0 bridgehead atoms. The van der Waals surface area contributed by atoms with Gasteiger partial charge in [-0.25, -0.2) is 0 Å². The molecule has 2 nitrogen and oxygen atoms in total. The second-order valence-electron chi connectivity index (χ2n) is 8.97. The number of hydrogen-bond donors (Lipinski definition) is 1. The first-order valence-corrected chi connectivity index (χ1v) is 9.39. The van der Waals surface area contributed by atoms with E-state index in [1.54, 1.807) is 5.57 Å². The van der Waals surface area contributed by atoms with E-state index in [0.717, 1.165) is 31.1 Å². The van der Waals surface area contributed by atoms with Crippen molar-refractivity contribution in [3.8, 4) is 0 Å². The molecule has 1 N–H and O–H groups in total. The molecule has 4 rings (SSSR count). The summed E-state index contributed by atoms with van der Waals surface area (Å²) in [6.07, 6.45) is 13.6. The highest BCUT2D eigenvalue weighted by Crippen LogP contribution is 2.66. The molecule has 4 aliphatic carbocycles. The molecule has 0 aromatic carbocycles. The summed E-state index contributed by atoms with van der Waals surface area (Å²) in [4.78, 5) is 11.7. The average Bonchev–Trinajstić information content (AvgIpc) is 2.84. The zero-order chi connectivity index (χ0) is 15.5. The monoisotopic (exact) mass is 302 g/mol. The van der Waals surface area contributed by atoms with Crippen LogP contribution in [0, 0.1) is 34.5 Å². The van der Waals surface area contributed by atoms with Gasteiger partial charge in [0.05, 0.1) is 5.92 Å². The van der Waals surface area contributed by atoms with Gasteiger partial charge in [-0.1, -0.05) is 25.5 Å². The van der Waals surface area contributed by atoms with Crippen molar-refractivity contribution in [3.05, 3.63) is 11.6 Å². The predicted molar refractivity (Wildman–Crippen MR) is 87.4 cm³/mol. The van der Waals surface area contributed by atoms with Gasteiger partial charge in [-0.15, -0.1) is 0 Å². The standard InChI is InChI=1S/C20H30O2/c1-19-11-4-3-5-13(19)6-7-14-15-8-9-17(18(21)22)20(15,2)12-10-16(14)19/h5,14-17H,3-4,6-12H2,1-2H3,(H,21,22)/t14-,15-,16-,17-,19-,20-/m0/s1. The number of rotatable bonds is 1. The van der Waals surface area contributed by atoms with E-state index >= 15 is 0 Å². The van der Waals surface area contributed by atoms with Crippen LogP contribution in [0.1, 0.15) is 71.6 Å². The first-order valence-electron chi connectivity index (χ1n) is 9.39. The molecule has 122 valence electrons. The smallest absolute Gasteiger partial charge is 0.307 e. The topological polar surface area (TPSA) is 37.3 Å². The van der Waals surface area contributed by atoms with Crippen molar-refractivity contribution < 1.29 is 9.90 Å². The summed E-state index contributed by atoms with van der Waals surface area (Å²) >= 11 is 0. The van der Waals surface area contributed by atoms with E-state index in [4.69, 9.17) is 0 Å². The van der Waals surface area contributed by atoms with Crippen LogP contribution in [0.3, 0.4) is 0 Å². The largest absolute Gasteiger partial charge is 0.481 e. The average molecular weight is 302 g/mol. The molecule has 0 aromatic heterocycles. The molecule has 0 spiro atoms. The number of hydrogen-bond acceptors (Lipinski definition) is 1. The van der Waals surface area contributed by atoms with Crippen LogP contribution in [0.4, 0.5) is 0 Å². The number of fused-ring (bicyclic) bond motifs is 5. The van der Waals surface area contributed by atoms with Crippen molar-refractivity contribution >= 4 is 5.97 Å². The summed E-state index contributed by atoms with van der Waals surface area (Å²) in [6, 6.07) is 0. The Morgan fingerprint density at radius 3 is 2.73 bits per heavy atom. The van der Waals surface area contributed by atoms with Crippen molar-refractivity contribution in [3.63, 3.8) is 0 Å². The lowest BCUT2D eigenvalue weighted by Crippen LogP contribution is -2.50. The molecule has 22 heavy (non-hydrogen) atoms. The van der Waals surface area contributed by atoms with E-state index < -0.39 is 5.97 Å². The number of carboxylic acid groups (broad SMARTS) is 1. The van der Waals surface area contributed by atoms with Gasteiger partial charge in [0, 0.05) is 0 Å². The van der Waals surface area contributed by atoms with Gasteiger partial charge < -0.3 is 5.11 Å². The van der Waals surface area contributed by atoms with Crippen LogP contribution in [0.15, 0.2) is 11.6 Å². The molecule has 3 saturated carbocycles. The highest BCUT2D eigenvalue weighted by Gasteiger charge is 2.59. The summed E-state index contributed by atoms with van der Waals surface area (Å²) in [5, 5.41) is 9.64. The molecule has 3 fully saturated rings. The van der Waals surface area contributed by atoms with E-state index in [1.165, 1.54) is 38.5 Å². The first kappa shape index (κ1) is 14.8. The second-order valence-corrected chi connectivity index (χ2v) is 8.97. The third-order valence-corrected chi connectivity index (χ3v) is 8.33. The third kappa shape index (κ3) is 1.82. The Hall–Kier alpha value is -0.790. The summed E-state index contributed by atoms with van der Waals surface area (Å²) in [7, 11) is 0. The molecule has 0 aliphatic heterocycles. The third-order valence-electron chi connectivity index (χ3n) is 8.33. The maximum absolute atomic E-state index is 11.7. The number of aliphatic carboxylic acids is 1. The van der Waals surface area contributed by atoms with Crippen molar-refractivity contribution in [2.24, 2.45) is 34.5 Å². The molecule has 0 amide bonds. The van der Waals surface area contributed by atoms with Gasteiger partial charge in [0.2, 0.25) is 0 Å². The van der Waals surface area contributed by atoms with Crippen molar-refractivity contribution in [2.45, 2.75) is 71.6 Å². The molecule has 4 aliphatic rings. The molecule has 0 saturated heterocycles. The van der Waals surface area contributed by atoms with Crippen LogP contribution < -0.4 is 0 Å². The summed E-state index contributed by atoms with van der Waals surface area (Å²) in [5.41, 5.74) is 2.25. The highest BCUT2D eigenvalue weighted by atomic mass is 16.4. The van der Waals surface area contributed by atoms with Gasteiger partial charge in [0.25, 0.3) is 0 Å². The Kier molecular flexibility index (Phi) is 3.26. The minimum Gasteiger partial charge on any atom is -0.481 e. The van der Waals surface area contributed by atoms with Crippen LogP contribution in [0.2, 0.25) is 0 Å². The quantitative estimate of drug-likeness (QED) is 0.689. The SMILES string of the molecule is C[C@]12CC[C@H]3[C@@H](CCC4=CCCC[C@@]43C)[C@@H]1CC[C@H]2C(=O)O. The Morgan fingerprint density at radius 2 is 1.95 bits per heavy atom. The number of carboxylic acids is 1. The minimum absolute atomic E-state index is 0.0687. The normalized spacial score (nSPS) is 50.5. The molecule has 0 aromatic rings. The van der Waals surface area contributed by atoms with Crippen LogP contribution >= 0.6 is 0 Å². The van der Waals surface area contributed by atoms with E-state index in [9.17, 15) is 9.90 Å². The highest BCUT2D eigenvalue weighted by molar-refractivity contribution is 5.71. The van der Waals surface area contributed by atoms with Crippen LogP contribution in [-0.4, -0.2) is 11.1 Å². The van der Waals surface area contributed by atoms with Crippen molar-refractivity contribution in [1.29, 1.82) is 0 Å². The van der Waals surface area contributed by atoms with E-state index in [2.05, 4.69) is 19.9 Å². The van der Waals surface area contributed by atoms with Gasteiger partial charge in [0.1, 0.15) is 0 Å². The van der Waals surface area contributed by atoms with E-state index in [-0.39, 0.29) is 11.3 Å². The predicted octanol–water partition coefficient (Wildman–Crippen LogP) is 5.04. The van der Waals surface area contributed by atoms with Gasteiger partial charge in [-0.3, -0.25) is 4.79 Å². The molecular formula is C20H30O2. The molecule has 6 atom stereocenters. The fraction of sp³-hybridized carbons (Fsp3) is 0.850. The number of allylic oxidation sites excluding steroid dienone is 2. The van der Waals surface area contributed by atoms with Gasteiger partial charge in [0.15, 0.2) is 0 Å². The lowest BCUT2D eigenvalue weighted by molar-refractivity contribution is -0.149. The van der Waals surface area contributed by atoms with Crippen LogP contribution in [-0.2, 0) is 4.79 Å². The van der Waals surface area contributed by atoms with Crippen molar-refractivity contribution in [1.82, 2.24) is 0 Å². The summed E-state index contributed by atoms with van der Waals surface area (Å²) < 4.78 is 0. The molecular weight excluding hydrogens is 272 g/mol. The maximum atomic E-state index is 11.7. The second kappa shape index (κ2) is 4.85. The van der Waals surface area contributed by atoms with Crippen LogP contribution in [0.5, 0.6) is 0 Å². The van der Waals surface area contributed by atoms with E-state index in [0.29, 0.717) is 11.3 Å². The fourth-order valence-corrected chi connectivity index (χ4v) is 7.16. The lowest BCUT2D eigenvalue weighted by Gasteiger charge is -2.58. The Balaban J connectivity index is 1.67. The fourth-order valence-electron chi connectivity index (χ4n) is 7.16. The Labute approximate surface area is 134 Å². The van der Waals surface area contributed by atoms with Crippen LogP contribution in [0.25, 0.3) is 0 Å². The van der Waals surface area contributed by atoms with Gasteiger partial charge >= 0.3 is 5.97 Å². The molecule has 0 unspecified atom stereocenters. The summed E-state index contributed by atoms with van der Waals surface area (Å²) in [6.45, 7) is 4.83. The zero-order valence-corrected chi connectivity index (χ0v) is 14.1. The summed E-state index contributed by atoms with van der Waals surface area (Å²) in [5.74, 6) is 1.63. The van der Waals surface area contributed by atoms with Gasteiger partial charge in [-0.05, 0) is 86.4 Å². The zero-order valence-electron chi connectivity index (χ0n) is 14.1. The maximum Gasteiger partial charge on any atom is 0.307 e. The molecule has 0 radical (unpaired) electrons. The molecule has 0 heterocycles. The lowest BCUT2D eigenvalue weighted by atomic mass is 9.47. The van der Waals surface area contributed by atoms with E-state index in [1.807, 2.05) is 0 Å². The Bertz CT molecular complexity index is 522. The Morgan fingerprint density at radius 1 is 1.14 bits per heavy atom. The van der Waals surface area contributed by atoms with Crippen molar-refractivity contribution in [2.75, 3.05) is 0 Å². The minimum atomic E-state index is -0.538. The number of carbonyl (C=O) groups is 1. The molecule has 2 heteroatoms.